The van der Waals surface area contributed by atoms with E-state index >= 15 is 0 Å². The fourth-order valence-electron chi connectivity index (χ4n) is 6.03. The highest BCUT2D eigenvalue weighted by Crippen LogP contribution is 2.54. The molecule has 6 aromatic rings. The van der Waals surface area contributed by atoms with Crippen LogP contribution in [0.1, 0.15) is 22.3 Å². The van der Waals surface area contributed by atoms with Crippen LogP contribution in [0.2, 0.25) is 0 Å². The van der Waals surface area contributed by atoms with Crippen LogP contribution >= 0.6 is 0 Å². The van der Waals surface area contributed by atoms with E-state index in [1.54, 1.807) is 0 Å². The average molecular weight is 450 g/mol. The van der Waals surface area contributed by atoms with E-state index in [1.807, 2.05) is 6.07 Å². The molecule has 4 heteroatoms. The molecule has 2 heterocycles. The lowest BCUT2D eigenvalue weighted by Crippen LogP contribution is -2.35. The van der Waals surface area contributed by atoms with Crippen molar-refractivity contribution in [2.45, 2.75) is 5.41 Å². The molecule has 7 rings (SSSR count). The van der Waals surface area contributed by atoms with Gasteiger partial charge in [-0.3, -0.25) is 0 Å². The third-order valence-corrected chi connectivity index (χ3v) is 7.30. The monoisotopic (exact) mass is 450 g/mol. The first-order valence-electron chi connectivity index (χ1n) is 11.7. The van der Waals surface area contributed by atoms with Crippen molar-refractivity contribution < 1.29 is 9.68 Å². The first-order chi connectivity index (χ1) is 17.3. The van der Waals surface area contributed by atoms with Crippen LogP contribution in [0.5, 0.6) is 5.75 Å². The predicted molar refractivity (Wildman–Crippen MR) is 141 cm³/mol. The minimum absolute atomic E-state index is 0.573. The average Bonchev–Trinajstić information content (AvgIpc) is 3.26. The van der Waals surface area contributed by atoms with E-state index in [2.05, 4.69) is 120 Å². The van der Waals surface area contributed by atoms with Crippen molar-refractivity contribution in [1.29, 1.82) is 0 Å². The third kappa shape index (κ3) is 2.66. The fourth-order valence-corrected chi connectivity index (χ4v) is 6.03. The second-order valence-corrected chi connectivity index (χ2v) is 8.94. The maximum Gasteiger partial charge on any atom is 0.569 e. The van der Waals surface area contributed by atoms with E-state index in [1.165, 1.54) is 22.4 Å². The number of rotatable bonds is 4. The van der Waals surface area contributed by atoms with Gasteiger partial charge >= 0.3 is 7.69 Å². The second-order valence-electron chi connectivity index (χ2n) is 8.94. The molecule has 3 nitrogen and oxygen atoms in total. The number of hydrogen-bond donors (Lipinski definition) is 1. The third-order valence-electron chi connectivity index (χ3n) is 7.30. The summed E-state index contributed by atoms with van der Waals surface area (Å²) in [4.78, 5) is 0. The Hall–Kier alpha value is -4.28. The Bertz CT molecular complexity index is 1670. The summed E-state index contributed by atoms with van der Waals surface area (Å²) in [5.41, 5.74) is 7.59. The van der Waals surface area contributed by atoms with E-state index in [9.17, 15) is 5.02 Å². The van der Waals surface area contributed by atoms with Gasteiger partial charge in [0.2, 0.25) is 0 Å². The maximum absolute atomic E-state index is 9.56. The van der Waals surface area contributed by atoms with E-state index in [0.717, 1.165) is 35.1 Å². The van der Waals surface area contributed by atoms with Crippen LogP contribution in [0.15, 0.2) is 121 Å². The molecular formula is C31H21BNO2. The van der Waals surface area contributed by atoms with Gasteiger partial charge in [0.05, 0.1) is 22.1 Å². The zero-order chi connectivity index (χ0) is 23.4. The highest BCUT2D eigenvalue weighted by atomic mass is 16.5. The van der Waals surface area contributed by atoms with E-state index in [0.29, 0.717) is 5.75 Å². The van der Waals surface area contributed by atoms with Crippen LogP contribution in [-0.2, 0) is 5.41 Å². The Labute approximate surface area is 204 Å². The van der Waals surface area contributed by atoms with Crippen LogP contribution in [0.3, 0.4) is 0 Å². The summed E-state index contributed by atoms with van der Waals surface area (Å²) < 4.78 is 7.99. The Balaban J connectivity index is 1.78. The summed E-state index contributed by atoms with van der Waals surface area (Å²) in [6.07, 6.45) is 0. The number of fused-ring (bicyclic) bond motifs is 5. The van der Waals surface area contributed by atoms with Crippen molar-refractivity contribution in [3.8, 4) is 11.4 Å². The molecule has 1 radical (unpaired) electrons. The molecule has 0 amide bonds. The van der Waals surface area contributed by atoms with Gasteiger partial charge in [-0.1, -0.05) is 97.1 Å². The summed E-state index contributed by atoms with van der Waals surface area (Å²) in [5, 5.41) is 11.8. The Morgan fingerprint density at radius 3 is 1.97 bits per heavy atom. The molecule has 0 unspecified atom stereocenters. The van der Waals surface area contributed by atoms with Crippen LogP contribution in [0.4, 0.5) is 0 Å². The van der Waals surface area contributed by atoms with Crippen molar-refractivity contribution in [2.24, 2.45) is 0 Å². The molecule has 0 saturated heterocycles. The largest absolute Gasteiger partial charge is 0.569 e. The molecule has 0 spiro atoms. The second kappa shape index (κ2) is 7.62. The minimum atomic E-state index is -0.573. The van der Waals surface area contributed by atoms with Gasteiger partial charge in [-0.25, -0.2) is 0 Å². The molecule has 5 aromatic carbocycles. The van der Waals surface area contributed by atoms with Crippen molar-refractivity contribution in [1.82, 2.24) is 4.57 Å². The van der Waals surface area contributed by atoms with Gasteiger partial charge in [0, 0.05) is 10.8 Å². The molecule has 1 aliphatic heterocycles. The number of nitrogens with zero attached hydrogens (tertiary/aromatic N) is 1. The first kappa shape index (κ1) is 20.1. The normalized spacial score (nSPS) is 13.5. The molecule has 0 fully saturated rings. The molecule has 0 aliphatic carbocycles. The lowest BCUT2D eigenvalue weighted by molar-refractivity contribution is 0.453. The molecule has 0 atom stereocenters. The zero-order valence-electron chi connectivity index (χ0n) is 18.9. The standard InChI is InChI=1S/C31H21BNO2/c34-32-35-23-19-25-24-15-7-9-17-28(24)33-29-18-10-8-16-26(29)31(27(20-23)30(25)33,21-11-3-1-4-12-21)22-13-5-2-6-14-22/h1-20,34H. The highest BCUT2D eigenvalue weighted by Gasteiger charge is 2.45. The Kier molecular flexibility index (Phi) is 4.38. The summed E-state index contributed by atoms with van der Waals surface area (Å²) in [6.45, 7) is 0. The van der Waals surface area contributed by atoms with Gasteiger partial charge in [-0.2, -0.15) is 0 Å². The number of aromatic nitrogens is 1. The molecule has 0 saturated carbocycles. The molecule has 35 heavy (non-hydrogen) atoms. The Morgan fingerprint density at radius 1 is 0.629 bits per heavy atom. The van der Waals surface area contributed by atoms with Gasteiger partial charge in [-0.05, 0) is 46.5 Å². The zero-order valence-corrected chi connectivity index (χ0v) is 18.9. The first-order valence-corrected chi connectivity index (χ1v) is 11.7. The van der Waals surface area contributed by atoms with Crippen molar-refractivity contribution in [3.05, 3.63) is 144 Å². The number of para-hydroxylation sites is 2. The minimum Gasteiger partial charge on any atom is -0.537 e. The summed E-state index contributed by atoms with van der Waals surface area (Å²) in [6, 6.07) is 42.7. The van der Waals surface area contributed by atoms with Gasteiger partial charge in [-0.15, -0.1) is 0 Å². The van der Waals surface area contributed by atoms with E-state index < -0.39 is 5.41 Å². The summed E-state index contributed by atoms with van der Waals surface area (Å²) in [7, 11) is 0.760. The summed E-state index contributed by atoms with van der Waals surface area (Å²) in [5.74, 6) is 0.605. The lowest BCUT2D eigenvalue weighted by Gasteiger charge is -2.41. The Morgan fingerprint density at radius 2 is 1.26 bits per heavy atom. The molecule has 1 aromatic heterocycles. The van der Waals surface area contributed by atoms with Crippen molar-refractivity contribution in [2.75, 3.05) is 0 Å². The van der Waals surface area contributed by atoms with Crippen molar-refractivity contribution in [3.63, 3.8) is 0 Å². The fraction of sp³-hybridized carbons (Fsp3) is 0.0323. The lowest BCUT2D eigenvalue weighted by atomic mass is 9.63. The van der Waals surface area contributed by atoms with E-state index in [-0.39, 0.29) is 0 Å². The molecule has 1 aliphatic rings. The molecule has 0 bridgehead atoms. The SMILES string of the molecule is O[B]Oc1cc2c3c(c1)c1ccccc1n3-c1ccccc1C2(c1ccccc1)c1ccccc1. The smallest absolute Gasteiger partial charge is 0.537 e. The van der Waals surface area contributed by atoms with Crippen LogP contribution in [0.25, 0.3) is 27.5 Å². The molecule has 165 valence electrons. The topological polar surface area (TPSA) is 34.4 Å². The van der Waals surface area contributed by atoms with Gasteiger partial charge < -0.3 is 14.2 Å². The van der Waals surface area contributed by atoms with Gasteiger partial charge in [0.25, 0.3) is 0 Å². The predicted octanol–water partition coefficient (Wildman–Crippen LogP) is 6.39. The van der Waals surface area contributed by atoms with E-state index in [4.69, 9.17) is 4.65 Å². The van der Waals surface area contributed by atoms with Crippen LogP contribution in [0, 0.1) is 0 Å². The van der Waals surface area contributed by atoms with Gasteiger partial charge in [0.15, 0.2) is 0 Å². The highest BCUT2D eigenvalue weighted by molar-refractivity contribution is 6.18. The number of benzene rings is 5. The molecular weight excluding hydrogens is 429 g/mol. The quantitative estimate of drug-likeness (QED) is 0.316. The van der Waals surface area contributed by atoms with Crippen LogP contribution in [-0.4, -0.2) is 17.3 Å². The number of hydrogen-bond acceptors (Lipinski definition) is 2. The maximum atomic E-state index is 9.56. The molecule has 1 N–H and O–H groups in total. The summed E-state index contributed by atoms with van der Waals surface area (Å²) >= 11 is 0. The van der Waals surface area contributed by atoms with Crippen molar-refractivity contribution >= 4 is 29.5 Å². The van der Waals surface area contributed by atoms with Crippen LogP contribution < -0.4 is 4.65 Å². The van der Waals surface area contributed by atoms with Gasteiger partial charge in [0.1, 0.15) is 5.75 Å².